The highest BCUT2D eigenvalue weighted by Gasteiger charge is 2.43. The third-order valence-corrected chi connectivity index (χ3v) is 12.8. The number of nitrogens with zero attached hydrogens (tertiary/aromatic N) is 3. The van der Waals surface area contributed by atoms with Gasteiger partial charge < -0.3 is 35.6 Å². The molecule has 11 nitrogen and oxygen atoms in total. The van der Waals surface area contributed by atoms with E-state index in [1.165, 1.54) is 16.7 Å². The Bertz CT molecular complexity index is 2310. The van der Waals surface area contributed by atoms with Gasteiger partial charge in [0.05, 0.1) is 40.3 Å². The lowest BCUT2D eigenvalue weighted by Gasteiger charge is -2.18. The summed E-state index contributed by atoms with van der Waals surface area (Å²) in [5.41, 5.74) is 15.4. The normalized spacial score (nSPS) is 21.8. The van der Waals surface area contributed by atoms with Gasteiger partial charge in [0.15, 0.2) is 0 Å². The number of ether oxygens (including phenoxy) is 1. The maximum Gasteiger partial charge on any atom is 0.306 e. The van der Waals surface area contributed by atoms with Crippen molar-refractivity contribution in [3.8, 4) is 0 Å². The predicted octanol–water partition coefficient (Wildman–Crippen LogP) is 8.87. The lowest BCUT2D eigenvalue weighted by atomic mass is 9.84. The van der Waals surface area contributed by atoms with Crippen molar-refractivity contribution in [1.29, 1.82) is 0 Å². The molecule has 6 aliphatic rings. The molecule has 5 aliphatic heterocycles. The van der Waals surface area contributed by atoms with E-state index in [2.05, 4.69) is 52.1 Å². The van der Waals surface area contributed by atoms with Crippen molar-refractivity contribution in [2.24, 2.45) is 26.8 Å². The number of aliphatic hydroxyl groups is 5. The van der Waals surface area contributed by atoms with Crippen LogP contribution in [0.3, 0.4) is 0 Å². The summed E-state index contributed by atoms with van der Waals surface area (Å²) in [5, 5.41) is 57.5. The molecular weight excluding hydrogens is 781 g/mol. The van der Waals surface area contributed by atoms with Gasteiger partial charge in [-0.15, -0.1) is 0 Å². The number of hydrogen-bond donors (Lipinski definition) is 6. The number of allylic oxidation sites excluding steroid dienone is 14. The molecule has 5 heterocycles. The second kappa shape index (κ2) is 20.5. The summed E-state index contributed by atoms with van der Waals surface area (Å²) < 4.78 is 5.76. The van der Waals surface area contributed by atoms with Gasteiger partial charge in [-0.2, -0.15) is 0 Å². The Morgan fingerprint density at radius 3 is 2.16 bits per heavy atom. The molecule has 0 saturated carbocycles. The summed E-state index contributed by atoms with van der Waals surface area (Å²) in [6.45, 7) is 16.0. The second-order valence-electron chi connectivity index (χ2n) is 17.6. The van der Waals surface area contributed by atoms with Gasteiger partial charge in [0.1, 0.15) is 12.4 Å². The van der Waals surface area contributed by atoms with Crippen LogP contribution in [-0.4, -0.2) is 81.2 Å². The van der Waals surface area contributed by atoms with Crippen LogP contribution in [0.2, 0.25) is 0 Å². The van der Waals surface area contributed by atoms with E-state index in [1.54, 1.807) is 6.92 Å². The Kier molecular flexibility index (Phi) is 15.4. The Balaban J connectivity index is 1.36. The molecule has 62 heavy (non-hydrogen) atoms. The first kappa shape index (κ1) is 46.6. The van der Waals surface area contributed by atoms with Gasteiger partial charge in [-0.1, -0.05) is 35.8 Å². The molecule has 1 aliphatic carbocycles. The van der Waals surface area contributed by atoms with Gasteiger partial charge in [0, 0.05) is 72.6 Å². The number of aliphatic imine (C=N–C) groups is 3. The van der Waals surface area contributed by atoms with E-state index in [-0.39, 0.29) is 75.7 Å². The maximum atomic E-state index is 13.4. The van der Waals surface area contributed by atoms with Crippen LogP contribution < -0.4 is 5.32 Å². The SMILES string of the molecule is CC(C)=CCC/C(C)=C/CC/C(C)=C/COC(=O)CC[C@@H]1C2=C3CC(O)=C4C3=NC(=C4CCO)C=C3N=C(C=C4N=C(C(C)=C4C(C)O)C(CCO)=C(N2)[C@H]1C)C(C)=C3CCO. The molecule has 1 fully saturated rings. The van der Waals surface area contributed by atoms with E-state index < -0.39 is 6.10 Å². The smallest absolute Gasteiger partial charge is 0.306 e. The summed E-state index contributed by atoms with van der Waals surface area (Å²) in [6, 6.07) is 0. The monoisotopic (exact) mass is 846 g/mol. The highest BCUT2D eigenvalue weighted by molar-refractivity contribution is 6.21. The summed E-state index contributed by atoms with van der Waals surface area (Å²) in [7, 11) is 0. The van der Waals surface area contributed by atoms with Crippen molar-refractivity contribution in [3.63, 3.8) is 0 Å². The van der Waals surface area contributed by atoms with Crippen molar-refractivity contribution < 1.29 is 35.1 Å². The molecule has 3 atom stereocenters. The molecule has 8 bridgehead atoms. The van der Waals surface area contributed by atoms with Crippen LogP contribution in [0.25, 0.3) is 0 Å². The fraction of sp³-hybridized carbons (Fsp3) is 0.490. The Hall–Kier alpha value is -4.94. The minimum absolute atomic E-state index is 0.0921. The molecule has 11 heteroatoms. The quantitative estimate of drug-likeness (QED) is 0.0586. The molecule has 0 aromatic rings. The fourth-order valence-electron chi connectivity index (χ4n) is 9.48. The highest BCUT2D eigenvalue weighted by Crippen LogP contribution is 2.48. The molecule has 332 valence electrons. The summed E-state index contributed by atoms with van der Waals surface area (Å²) >= 11 is 0. The Labute approximate surface area is 367 Å². The summed E-state index contributed by atoms with van der Waals surface area (Å²) in [5.74, 6) is -0.506. The van der Waals surface area contributed by atoms with E-state index in [9.17, 15) is 30.3 Å². The van der Waals surface area contributed by atoms with Crippen molar-refractivity contribution in [3.05, 3.63) is 126 Å². The van der Waals surface area contributed by atoms with Crippen molar-refractivity contribution in [2.75, 3.05) is 26.4 Å². The number of aliphatic hydroxyl groups excluding tert-OH is 5. The topological polar surface area (TPSA) is 177 Å². The van der Waals surface area contributed by atoms with Crippen molar-refractivity contribution in [2.45, 2.75) is 126 Å². The van der Waals surface area contributed by atoms with Crippen LogP contribution in [0.1, 0.15) is 120 Å². The van der Waals surface area contributed by atoms with Gasteiger partial charge in [0.25, 0.3) is 0 Å². The van der Waals surface area contributed by atoms with Crippen molar-refractivity contribution in [1.82, 2.24) is 5.32 Å². The van der Waals surface area contributed by atoms with Crippen LogP contribution >= 0.6 is 0 Å². The first-order valence-electron chi connectivity index (χ1n) is 22.3. The number of fused-ring (bicyclic) bond motifs is 5. The first-order chi connectivity index (χ1) is 29.7. The Morgan fingerprint density at radius 2 is 1.48 bits per heavy atom. The minimum Gasteiger partial charge on any atom is -0.511 e. The van der Waals surface area contributed by atoms with Crippen LogP contribution in [0.5, 0.6) is 0 Å². The van der Waals surface area contributed by atoms with E-state index in [0.29, 0.717) is 63.8 Å². The maximum absolute atomic E-state index is 13.4. The zero-order valence-corrected chi connectivity index (χ0v) is 37.9. The van der Waals surface area contributed by atoms with Crippen LogP contribution in [-0.2, 0) is 9.53 Å². The molecule has 6 N–H and O–H groups in total. The zero-order chi connectivity index (χ0) is 44.8. The predicted molar refractivity (Wildman–Crippen MR) is 247 cm³/mol. The molecule has 0 aromatic heterocycles. The lowest BCUT2D eigenvalue weighted by Crippen LogP contribution is -2.18. The summed E-state index contributed by atoms with van der Waals surface area (Å²) in [6.07, 6.45) is 15.1. The number of rotatable bonds is 18. The van der Waals surface area contributed by atoms with Crippen LogP contribution in [0.4, 0.5) is 0 Å². The van der Waals surface area contributed by atoms with Gasteiger partial charge in [0.2, 0.25) is 0 Å². The minimum atomic E-state index is -0.848. The number of carbonyl (C=O) groups is 1. The van der Waals surface area contributed by atoms with Crippen LogP contribution in [0.15, 0.2) is 141 Å². The zero-order valence-electron chi connectivity index (χ0n) is 37.9. The van der Waals surface area contributed by atoms with Gasteiger partial charge in [-0.3, -0.25) is 4.79 Å². The number of hydrogen-bond acceptors (Lipinski definition) is 11. The average Bonchev–Trinajstić information content (AvgIpc) is 3.98. The Morgan fingerprint density at radius 1 is 0.823 bits per heavy atom. The molecule has 0 amide bonds. The highest BCUT2D eigenvalue weighted by atomic mass is 16.5. The van der Waals surface area contributed by atoms with E-state index in [0.717, 1.165) is 64.9 Å². The third-order valence-electron chi connectivity index (χ3n) is 12.8. The molecule has 1 saturated heterocycles. The first-order valence-corrected chi connectivity index (χ1v) is 22.3. The van der Waals surface area contributed by atoms with Crippen LogP contribution in [0, 0.1) is 11.8 Å². The summed E-state index contributed by atoms with van der Waals surface area (Å²) in [4.78, 5) is 28.7. The molecule has 1 unspecified atom stereocenters. The van der Waals surface area contributed by atoms with E-state index >= 15 is 0 Å². The molecule has 6 rings (SSSR count). The van der Waals surface area contributed by atoms with Crippen molar-refractivity contribution >= 4 is 23.1 Å². The number of carbonyl (C=O) groups excluding carboxylic acids is 1. The molecular formula is C51H66N4O7. The molecule has 0 radical (unpaired) electrons. The van der Waals surface area contributed by atoms with Gasteiger partial charge in [-0.05, 0) is 146 Å². The second-order valence-corrected chi connectivity index (χ2v) is 17.6. The third kappa shape index (κ3) is 9.97. The van der Waals surface area contributed by atoms with E-state index in [4.69, 9.17) is 19.7 Å². The number of nitrogens with one attached hydrogen (secondary N) is 1. The molecule has 0 spiro atoms. The van der Waals surface area contributed by atoms with E-state index in [1.807, 2.05) is 32.1 Å². The standard InChI is InChI=1S/C51H66N4O7/c1-28(2)11-9-12-29(3)13-10-14-30(4)20-24-62-45(61)16-15-36-32(6)48-38(19-23-58)49-33(7)46(34(8)59)43(54-49)26-40-31(5)35(17-21-56)41(52-40)27-42-37(18-22-57)47-44(60)25-39(50(36)55-48)51(47)53-42/h11,13,20,26-27,32,34,36,55-60H,9-10,12,14-19,21-25H2,1-8H3/b29-13+,30-20+,41-27?,43-26?,48-38?,50-39?/t32-,34?,36-/m0/s1. The number of esters is 1. The molecule has 0 aromatic carbocycles. The lowest BCUT2D eigenvalue weighted by molar-refractivity contribution is -0.142. The largest absolute Gasteiger partial charge is 0.511 e. The fourth-order valence-corrected chi connectivity index (χ4v) is 9.48. The van der Waals surface area contributed by atoms with Gasteiger partial charge in [-0.25, -0.2) is 15.0 Å². The van der Waals surface area contributed by atoms with Gasteiger partial charge >= 0.3 is 5.97 Å². The average molecular weight is 847 g/mol.